The van der Waals surface area contributed by atoms with Crippen LogP contribution in [0, 0.1) is 17.3 Å². The van der Waals surface area contributed by atoms with Crippen molar-refractivity contribution in [2.45, 2.75) is 6.42 Å². The van der Waals surface area contributed by atoms with Gasteiger partial charge in [0.15, 0.2) is 0 Å². The number of esters is 1. The Labute approximate surface area is 146 Å². The van der Waals surface area contributed by atoms with E-state index in [4.69, 9.17) is 5.41 Å². The molecule has 1 aromatic carbocycles. The van der Waals surface area contributed by atoms with Crippen LogP contribution >= 0.6 is 11.8 Å². The molecule has 0 aliphatic carbocycles. The van der Waals surface area contributed by atoms with E-state index in [0.29, 0.717) is 23.6 Å². The third-order valence-electron chi connectivity index (χ3n) is 3.28. The fraction of sp³-hybridized carbons (Fsp3) is 0.222. The molecule has 2 rings (SSSR count). The van der Waals surface area contributed by atoms with Crippen LogP contribution in [0.15, 0.2) is 47.1 Å². The van der Waals surface area contributed by atoms with Crippen LogP contribution in [0.3, 0.4) is 0 Å². The van der Waals surface area contributed by atoms with Gasteiger partial charge in [-0.15, -0.1) is 0 Å². The lowest BCUT2D eigenvalue weighted by Gasteiger charge is -2.11. The number of thioether (sulfide) groups is 1. The predicted molar refractivity (Wildman–Crippen MR) is 97.8 cm³/mol. The van der Waals surface area contributed by atoms with Crippen LogP contribution in [-0.2, 0) is 4.74 Å². The Bertz CT molecular complexity index is 740. The molecule has 5 nitrogen and oxygen atoms in total. The van der Waals surface area contributed by atoms with E-state index in [-0.39, 0.29) is 5.97 Å². The van der Waals surface area contributed by atoms with Crippen molar-refractivity contribution < 1.29 is 9.53 Å². The van der Waals surface area contributed by atoms with Gasteiger partial charge in [0.1, 0.15) is 10.9 Å². The maximum absolute atomic E-state index is 11.4. The summed E-state index contributed by atoms with van der Waals surface area (Å²) in [6.45, 7) is 0.679. The van der Waals surface area contributed by atoms with E-state index in [1.807, 2.05) is 18.5 Å². The normalized spacial score (nSPS) is 14.7. The number of hydrogen-bond donors (Lipinski definition) is 3. The lowest BCUT2D eigenvalue weighted by Crippen LogP contribution is -2.26. The third-order valence-corrected chi connectivity index (χ3v) is 4.00. The fourth-order valence-electron chi connectivity index (χ4n) is 2.05. The standard InChI is InChI=1S/C18H19N3O2S/c1-20-17(15-10-12-24-16(15)19)21-11-4-3-5-13-6-8-14(9-7-13)18(22)23-2/h6-10,12,19-21H,4,11H2,1-2H3/b17-15+,19-16?. The monoisotopic (exact) mass is 341 g/mol. The molecule has 24 heavy (non-hydrogen) atoms. The van der Waals surface area contributed by atoms with Gasteiger partial charge in [0.2, 0.25) is 0 Å². The van der Waals surface area contributed by atoms with Gasteiger partial charge in [-0.25, -0.2) is 4.79 Å². The first-order valence-electron chi connectivity index (χ1n) is 7.41. The molecular formula is C18H19N3O2S. The topological polar surface area (TPSA) is 74.2 Å². The quantitative estimate of drug-likeness (QED) is 0.436. The summed E-state index contributed by atoms with van der Waals surface area (Å²) in [6, 6.07) is 7.01. The van der Waals surface area contributed by atoms with E-state index in [1.165, 1.54) is 18.9 Å². The van der Waals surface area contributed by atoms with Crippen LogP contribution in [0.5, 0.6) is 0 Å². The van der Waals surface area contributed by atoms with Crippen molar-refractivity contribution in [2.75, 3.05) is 20.7 Å². The number of carbonyl (C=O) groups excluding carboxylic acids is 1. The maximum Gasteiger partial charge on any atom is 0.337 e. The summed E-state index contributed by atoms with van der Waals surface area (Å²) in [6.07, 6.45) is 2.59. The fourth-order valence-corrected chi connectivity index (χ4v) is 2.68. The summed E-state index contributed by atoms with van der Waals surface area (Å²) >= 11 is 1.40. The number of benzene rings is 1. The molecule has 0 aromatic heterocycles. The number of ether oxygens (including phenoxy) is 1. The molecule has 1 aliphatic rings. The number of nitrogens with one attached hydrogen (secondary N) is 3. The second-order valence-corrected chi connectivity index (χ2v) is 5.75. The lowest BCUT2D eigenvalue weighted by molar-refractivity contribution is 0.0600. The molecule has 0 fully saturated rings. The Morgan fingerprint density at radius 3 is 2.67 bits per heavy atom. The van der Waals surface area contributed by atoms with Crippen LogP contribution in [0.25, 0.3) is 0 Å². The SMILES string of the molecule is CN/C(NCCC#Cc1ccc(C(=O)OC)cc1)=C1/C=CSC1=N. The molecule has 3 N–H and O–H groups in total. The van der Waals surface area contributed by atoms with E-state index in [1.54, 1.807) is 24.3 Å². The number of carbonyl (C=O) groups is 1. The van der Waals surface area contributed by atoms with E-state index in [2.05, 4.69) is 27.2 Å². The van der Waals surface area contributed by atoms with Crippen molar-refractivity contribution in [1.29, 1.82) is 5.41 Å². The molecule has 1 heterocycles. The highest BCUT2D eigenvalue weighted by Gasteiger charge is 2.12. The van der Waals surface area contributed by atoms with Crippen molar-refractivity contribution in [3.05, 3.63) is 58.3 Å². The smallest absolute Gasteiger partial charge is 0.337 e. The summed E-state index contributed by atoms with van der Waals surface area (Å²) in [5.74, 6) is 6.64. The molecule has 0 radical (unpaired) electrons. The second-order valence-electron chi connectivity index (χ2n) is 4.84. The summed E-state index contributed by atoms with van der Waals surface area (Å²) < 4.78 is 4.66. The Morgan fingerprint density at radius 1 is 1.33 bits per heavy atom. The number of hydrogen-bond acceptors (Lipinski definition) is 6. The molecule has 0 saturated carbocycles. The van der Waals surface area contributed by atoms with Gasteiger partial charge in [0.25, 0.3) is 0 Å². The molecule has 1 aromatic rings. The van der Waals surface area contributed by atoms with Gasteiger partial charge in [-0.2, -0.15) is 0 Å². The molecule has 0 spiro atoms. The first kappa shape index (κ1) is 17.7. The van der Waals surface area contributed by atoms with Gasteiger partial charge in [0, 0.05) is 31.1 Å². The predicted octanol–water partition coefficient (Wildman–Crippen LogP) is 2.47. The number of allylic oxidation sites excluding steroid dienone is 1. The van der Waals surface area contributed by atoms with E-state index >= 15 is 0 Å². The zero-order chi connectivity index (χ0) is 17.4. The Morgan fingerprint density at radius 2 is 2.08 bits per heavy atom. The number of rotatable bonds is 5. The van der Waals surface area contributed by atoms with Gasteiger partial charge >= 0.3 is 5.97 Å². The van der Waals surface area contributed by atoms with Crippen molar-refractivity contribution in [2.24, 2.45) is 0 Å². The van der Waals surface area contributed by atoms with Crippen LogP contribution in [0.1, 0.15) is 22.3 Å². The summed E-state index contributed by atoms with van der Waals surface area (Å²) in [7, 11) is 3.19. The van der Waals surface area contributed by atoms with Gasteiger partial charge in [0.05, 0.1) is 12.7 Å². The van der Waals surface area contributed by atoms with Gasteiger partial charge < -0.3 is 15.4 Å². The van der Waals surface area contributed by atoms with Gasteiger partial charge in [-0.1, -0.05) is 23.6 Å². The van der Waals surface area contributed by atoms with Crippen LogP contribution < -0.4 is 10.6 Å². The molecule has 0 atom stereocenters. The van der Waals surface area contributed by atoms with Crippen LogP contribution in [0.2, 0.25) is 0 Å². The van der Waals surface area contributed by atoms with E-state index in [0.717, 1.165) is 17.0 Å². The average molecular weight is 341 g/mol. The first-order chi connectivity index (χ1) is 11.7. The average Bonchev–Trinajstić information content (AvgIpc) is 3.04. The zero-order valence-electron chi connectivity index (χ0n) is 13.6. The molecular weight excluding hydrogens is 322 g/mol. The highest BCUT2D eigenvalue weighted by atomic mass is 32.2. The minimum absolute atomic E-state index is 0.351. The number of methoxy groups -OCH3 is 1. The highest BCUT2D eigenvalue weighted by Crippen LogP contribution is 2.23. The van der Waals surface area contributed by atoms with Crippen LogP contribution in [0.4, 0.5) is 0 Å². The molecule has 124 valence electrons. The molecule has 6 heteroatoms. The molecule has 0 saturated heterocycles. The van der Waals surface area contributed by atoms with Crippen molar-refractivity contribution in [3.63, 3.8) is 0 Å². The zero-order valence-corrected chi connectivity index (χ0v) is 14.4. The van der Waals surface area contributed by atoms with Crippen molar-refractivity contribution in [3.8, 4) is 11.8 Å². The highest BCUT2D eigenvalue weighted by molar-refractivity contribution is 8.17. The van der Waals surface area contributed by atoms with Crippen molar-refractivity contribution >= 4 is 22.8 Å². The largest absolute Gasteiger partial charge is 0.465 e. The Hall–Kier alpha value is -2.65. The molecule has 0 amide bonds. The van der Waals surface area contributed by atoms with E-state index in [9.17, 15) is 4.79 Å². The molecule has 0 bridgehead atoms. The minimum atomic E-state index is -0.351. The summed E-state index contributed by atoms with van der Waals surface area (Å²) in [5.41, 5.74) is 2.24. The van der Waals surface area contributed by atoms with Crippen molar-refractivity contribution in [1.82, 2.24) is 10.6 Å². The summed E-state index contributed by atoms with van der Waals surface area (Å²) in [4.78, 5) is 11.4. The molecule has 1 aliphatic heterocycles. The third kappa shape index (κ3) is 4.67. The van der Waals surface area contributed by atoms with Crippen LogP contribution in [-0.4, -0.2) is 31.7 Å². The molecule has 0 unspecified atom stereocenters. The second kappa shape index (κ2) is 8.85. The maximum atomic E-state index is 11.4. The Kier molecular flexibility index (Phi) is 6.52. The van der Waals surface area contributed by atoms with E-state index < -0.39 is 0 Å². The summed E-state index contributed by atoms with van der Waals surface area (Å²) in [5, 5.41) is 16.6. The van der Waals surface area contributed by atoms with Gasteiger partial charge in [-0.05, 0) is 35.7 Å². The minimum Gasteiger partial charge on any atom is -0.465 e. The lowest BCUT2D eigenvalue weighted by atomic mass is 10.1. The van der Waals surface area contributed by atoms with Gasteiger partial charge in [-0.3, -0.25) is 5.41 Å². The Balaban J connectivity index is 1.86. The first-order valence-corrected chi connectivity index (χ1v) is 8.29.